The van der Waals surface area contributed by atoms with Crippen LogP contribution in [0.2, 0.25) is 0 Å². The van der Waals surface area contributed by atoms with Crippen LogP contribution < -0.4 is 15.4 Å². The monoisotopic (exact) mass is 479 g/mol. The summed E-state index contributed by atoms with van der Waals surface area (Å²) >= 11 is 1.27. The lowest BCUT2D eigenvalue weighted by Crippen LogP contribution is -2.31. The second-order valence-corrected chi connectivity index (χ2v) is 8.52. The Hall–Kier alpha value is -3.35. The summed E-state index contributed by atoms with van der Waals surface area (Å²) in [7, 11) is 1.84. The number of nitrogens with zero attached hydrogens (tertiary/aromatic N) is 3. The Bertz CT molecular complexity index is 1170. The minimum absolute atomic E-state index is 0.258. The first-order valence-electron chi connectivity index (χ1n) is 11.1. The molecule has 0 fully saturated rings. The number of hydrogen-bond donors (Lipinski definition) is 2. The third-order valence-electron chi connectivity index (χ3n) is 5.10. The van der Waals surface area contributed by atoms with E-state index in [1.165, 1.54) is 11.8 Å². The van der Waals surface area contributed by atoms with E-state index in [1.54, 1.807) is 6.92 Å². The van der Waals surface area contributed by atoms with E-state index >= 15 is 0 Å². The maximum atomic E-state index is 12.9. The van der Waals surface area contributed by atoms with Crippen LogP contribution in [0.5, 0.6) is 5.75 Å². The molecule has 178 valence electrons. The lowest BCUT2D eigenvalue weighted by molar-refractivity contribution is -0.138. The summed E-state index contributed by atoms with van der Waals surface area (Å²) in [6.07, 6.45) is 0. The zero-order chi connectivity index (χ0) is 24.7. The van der Waals surface area contributed by atoms with Crippen LogP contribution >= 0.6 is 11.8 Å². The normalized spacial score (nSPS) is 15.3. The number of benzene rings is 1. The standard InChI is InChI=1S/C25H29N5O3S/c1-6-32-20-11-9-8-10-18(20)22-21(24(31)33-7-2)16(4)29-25(30-22)34-23-19(13-26)17(14-27-5)12-15(3)28-23/h8-12,22,27H,6-7,14H2,1-5H3,(H,29,30)/t22-/m1/s1. The first-order chi connectivity index (χ1) is 16.4. The Balaban J connectivity index is 2.09. The van der Waals surface area contributed by atoms with Gasteiger partial charge in [0.05, 0.1) is 24.4 Å². The molecule has 3 rings (SSSR count). The molecule has 34 heavy (non-hydrogen) atoms. The molecule has 2 heterocycles. The number of carbonyl (C=O) groups excluding carboxylic acids is 1. The summed E-state index contributed by atoms with van der Waals surface area (Å²) in [5, 5.41) is 17.2. The second-order valence-electron chi connectivity index (χ2n) is 7.54. The van der Waals surface area contributed by atoms with Gasteiger partial charge in [0, 0.05) is 23.5 Å². The molecule has 1 aromatic heterocycles. The van der Waals surface area contributed by atoms with Gasteiger partial charge in [-0.3, -0.25) is 0 Å². The van der Waals surface area contributed by atoms with E-state index in [0.29, 0.717) is 45.9 Å². The molecule has 1 atom stereocenters. The van der Waals surface area contributed by atoms with E-state index in [4.69, 9.17) is 14.5 Å². The van der Waals surface area contributed by atoms with Gasteiger partial charge < -0.3 is 20.1 Å². The molecular formula is C25H29N5O3S. The summed E-state index contributed by atoms with van der Waals surface area (Å²) in [6, 6.07) is 11.1. The number of ether oxygens (including phenoxy) is 2. The van der Waals surface area contributed by atoms with Gasteiger partial charge >= 0.3 is 5.97 Å². The van der Waals surface area contributed by atoms with Crippen molar-refractivity contribution < 1.29 is 14.3 Å². The van der Waals surface area contributed by atoms with Crippen LogP contribution in [-0.2, 0) is 16.1 Å². The predicted molar refractivity (Wildman–Crippen MR) is 133 cm³/mol. The van der Waals surface area contributed by atoms with Crippen LogP contribution in [0.25, 0.3) is 0 Å². The SMILES string of the molecule is CCOC(=O)C1=C(C)NC(Sc2nc(C)cc(CNC)c2C#N)=N[C@@H]1c1ccccc1OCC. The van der Waals surface area contributed by atoms with Gasteiger partial charge in [0.2, 0.25) is 0 Å². The minimum atomic E-state index is -0.627. The largest absolute Gasteiger partial charge is 0.494 e. The van der Waals surface area contributed by atoms with Crippen molar-refractivity contribution in [3.63, 3.8) is 0 Å². The van der Waals surface area contributed by atoms with Crippen LogP contribution in [0.15, 0.2) is 51.6 Å². The van der Waals surface area contributed by atoms with E-state index in [1.807, 2.05) is 58.2 Å². The van der Waals surface area contributed by atoms with E-state index < -0.39 is 12.0 Å². The highest BCUT2D eigenvalue weighted by molar-refractivity contribution is 8.13. The Morgan fingerprint density at radius 3 is 2.71 bits per heavy atom. The lowest BCUT2D eigenvalue weighted by atomic mass is 9.96. The van der Waals surface area contributed by atoms with Crippen molar-refractivity contribution in [3.8, 4) is 11.8 Å². The molecule has 1 aromatic carbocycles. The number of pyridine rings is 1. The smallest absolute Gasteiger partial charge is 0.338 e. The number of hydrogen-bond acceptors (Lipinski definition) is 9. The average molecular weight is 480 g/mol. The van der Waals surface area contributed by atoms with Gasteiger partial charge in [-0.25, -0.2) is 14.8 Å². The van der Waals surface area contributed by atoms with E-state index in [2.05, 4.69) is 21.7 Å². The quantitative estimate of drug-likeness (QED) is 0.547. The van der Waals surface area contributed by atoms with Crippen molar-refractivity contribution in [2.45, 2.75) is 45.3 Å². The third kappa shape index (κ3) is 5.58. The van der Waals surface area contributed by atoms with Crippen LogP contribution in [0.1, 0.15) is 49.2 Å². The zero-order valence-corrected chi connectivity index (χ0v) is 20.9. The number of esters is 1. The van der Waals surface area contributed by atoms with Gasteiger partial charge in [0.25, 0.3) is 0 Å². The van der Waals surface area contributed by atoms with Gasteiger partial charge in [-0.2, -0.15) is 5.26 Å². The third-order valence-corrected chi connectivity index (χ3v) is 5.98. The topological polar surface area (TPSA) is 109 Å². The van der Waals surface area contributed by atoms with E-state index in [-0.39, 0.29) is 6.61 Å². The number of aryl methyl sites for hydroxylation is 1. The van der Waals surface area contributed by atoms with Gasteiger partial charge in [-0.05, 0) is 64.2 Å². The molecule has 0 aliphatic carbocycles. The molecule has 9 heteroatoms. The molecule has 0 bridgehead atoms. The molecule has 0 spiro atoms. The maximum Gasteiger partial charge on any atom is 0.338 e. The molecule has 1 aliphatic rings. The Labute approximate surface area is 204 Å². The molecule has 1 aliphatic heterocycles. The predicted octanol–water partition coefficient (Wildman–Crippen LogP) is 4.01. The average Bonchev–Trinajstić information content (AvgIpc) is 2.79. The second kappa shape index (κ2) is 11.7. The number of nitriles is 1. The Morgan fingerprint density at radius 2 is 2.03 bits per heavy atom. The first kappa shape index (κ1) is 25.3. The number of para-hydroxylation sites is 1. The summed E-state index contributed by atoms with van der Waals surface area (Å²) in [6.45, 7) is 8.69. The summed E-state index contributed by atoms with van der Waals surface area (Å²) in [5.74, 6) is 0.224. The summed E-state index contributed by atoms with van der Waals surface area (Å²) in [4.78, 5) is 22.4. The van der Waals surface area contributed by atoms with Crippen LogP contribution in [0.4, 0.5) is 0 Å². The molecule has 0 saturated carbocycles. The number of aliphatic imine (C=N–C) groups is 1. The van der Waals surface area contributed by atoms with Crippen molar-refractivity contribution in [2.75, 3.05) is 20.3 Å². The number of carbonyl (C=O) groups is 1. The van der Waals surface area contributed by atoms with Crippen molar-refractivity contribution in [1.29, 1.82) is 5.26 Å². The zero-order valence-electron chi connectivity index (χ0n) is 20.1. The van der Waals surface area contributed by atoms with Crippen LogP contribution in [0.3, 0.4) is 0 Å². The molecular weight excluding hydrogens is 450 g/mol. The molecule has 2 N–H and O–H groups in total. The highest BCUT2D eigenvalue weighted by Gasteiger charge is 2.32. The fourth-order valence-corrected chi connectivity index (χ4v) is 4.73. The molecule has 2 aromatic rings. The van der Waals surface area contributed by atoms with Crippen LogP contribution in [0, 0.1) is 18.3 Å². The van der Waals surface area contributed by atoms with Gasteiger partial charge in [0.1, 0.15) is 22.9 Å². The number of nitrogens with one attached hydrogen (secondary N) is 2. The van der Waals surface area contributed by atoms with E-state index in [0.717, 1.165) is 16.8 Å². The lowest BCUT2D eigenvalue weighted by Gasteiger charge is -2.27. The molecule has 0 saturated heterocycles. The fourth-order valence-electron chi connectivity index (χ4n) is 3.72. The highest BCUT2D eigenvalue weighted by atomic mass is 32.2. The molecule has 8 nitrogen and oxygen atoms in total. The number of aromatic nitrogens is 1. The highest BCUT2D eigenvalue weighted by Crippen LogP contribution is 2.38. The number of thioether (sulfide) groups is 1. The van der Waals surface area contributed by atoms with Gasteiger partial charge in [-0.1, -0.05) is 18.2 Å². The number of rotatable bonds is 8. The van der Waals surface area contributed by atoms with Crippen LogP contribution in [-0.4, -0.2) is 36.4 Å². The molecule has 0 amide bonds. The Morgan fingerprint density at radius 1 is 1.26 bits per heavy atom. The minimum Gasteiger partial charge on any atom is -0.494 e. The fraction of sp³-hybridized carbons (Fsp3) is 0.360. The van der Waals surface area contributed by atoms with Gasteiger partial charge in [0.15, 0.2) is 5.17 Å². The van der Waals surface area contributed by atoms with E-state index in [9.17, 15) is 10.1 Å². The number of amidine groups is 1. The first-order valence-corrected chi connectivity index (χ1v) is 11.9. The number of allylic oxidation sites excluding steroid dienone is 1. The van der Waals surface area contributed by atoms with Crippen molar-refractivity contribution >= 4 is 22.9 Å². The van der Waals surface area contributed by atoms with Gasteiger partial charge in [-0.15, -0.1) is 0 Å². The maximum absolute atomic E-state index is 12.9. The van der Waals surface area contributed by atoms with Crippen molar-refractivity contribution in [1.82, 2.24) is 15.6 Å². The van der Waals surface area contributed by atoms with Crippen molar-refractivity contribution in [2.24, 2.45) is 4.99 Å². The molecule has 0 unspecified atom stereocenters. The molecule has 0 radical (unpaired) electrons. The summed E-state index contributed by atoms with van der Waals surface area (Å²) < 4.78 is 11.2. The summed E-state index contributed by atoms with van der Waals surface area (Å²) in [5.41, 5.74) is 3.99. The van der Waals surface area contributed by atoms with Crippen molar-refractivity contribution in [3.05, 3.63) is 64.0 Å². The Kier molecular flexibility index (Phi) is 8.68.